The van der Waals surface area contributed by atoms with Gasteiger partial charge in [-0.1, -0.05) is 35.3 Å². The van der Waals surface area contributed by atoms with Crippen LogP contribution in [0.1, 0.15) is 5.56 Å². The van der Waals surface area contributed by atoms with E-state index in [1.165, 1.54) is 0 Å². The number of nitrogens with zero attached hydrogens (tertiary/aromatic N) is 2. The molecule has 3 rings (SSSR count). The van der Waals surface area contributed by atoms with E-state index in [1.807, 2.05) is 28.8 Å². The van der Waals surface area contributed by atoms with Crippen LogP contribution in [-0.2, 0) is 6.54 Å². The molecule has 0 unspecified atom stereocenters. The van der Waals surface area contributed by atoms with Gasteiger partial charge in [0.2, 0.25) is 5.28 Å². The van der Waals surface area contributed by atoms with Crippen LogP contribution in [0.2, 0.25) is 15.3 Å². The number of benzene rings is 2. The summed E-state index contributed by atoms with van der Waals surface area (Å²) in [5, 5.41) is 1.35. The normalized spacial score (nSPS) is 11.0. The highest BCUT2D eigenvalue weighted by Crippen LogP contribution is 2.30. The third-order valence-electron chi connectivity index (χ3n) is 3.24. The minimum absolute atomic E-state index is 0.402. The second kappa shape index (κ2) is 5.76. The number of aromatic nitrogens is 2. The van der Waals surface area contributed by atoms with Crippen molar-refractivity contribution in [2.75, 3.05) is 7.11 Å². The van der Waals surface area contributed by atoms with Crippen molar-refractivity contribution in [2.45, 2.75) is 6.54 Å². The number of halogens is 3. The SMILES string of the molecule is COc1ccc(Cn2c(Cl)nc3cc(Cl)c(Cl)cc32)cc1. The molecule has 0 aliphatic heterocycles. The molecule has 0 bridgehead atoms. The summed E-state index contributed by atoms with van der Waals surface area (Å²) in [5.74, 6) is 0.815. The summed E-state index contributed by atoms with van der Waals surface area (Å²) >= 11 is 18.3. The van der Waals surface area contributed by atoms with Gasteiger partial charge in [-0.2, -0.15) is 0 Å². The fourth-order valence-electron chi connectivity index (χ4n) is 2.15. The van der Waals surface area contributed by atoms with Gasteiger partial charge in [0.25, 0.3) is 0 Å². The van der Waals surface area contributed by atoms with Gasteiger partial charge in [0.15, 0.2) is 0 Å². The molecule has 3 aromatic rings. The first-order valence-electron chi connectivity index (χ1n) is 6.22. The van der Waals surface area contributed by atoms with Crippen LogP contribution in [0.3, 0.4) is 0 Å². The maximum absolute atomic E-state index is 6.22. The largest absolute Gasteiger partial charge is 0.497 e. The maximum Gasteiger partial charge on any atom is 0.204 e. The molecule has 0 amide bonds. The van der Waals surface area contributed by atoms with Crippen molar-refractivity contribution in [3.05, 3.63) is 57.3 Å². The minimum atomic E-state index is 0.402. The molecule has 6 heteroatoms. The monoisotopic (exact) mass is 340 g/mol. The highest BCUT2D eigenvalue weighted by atomic mass is 35.5. The van der Waals surface area contributed by atoms with E-state index in [2.05, 4.69) is 4.98 Å². The zero-order valence-corrected chi connectivity index (χ0v) is 13.4. The number of rotatable bonds is 3. The van der Waals surface area contributed by atoms with Crippen LogP contribution in [0.15, 0.2) is 36.4 Å². The van der Waals surface area contributed by atoms with Crippen LogP contribution in [0.25, 0.3) is 11.0 Å². The number of hydrogen-bond acceptors (Lipinski definition) is 2. The highest BCUT2D eigenvalue weighted by Gasteiger charge is 2.12. The average molecular weight is 342 g/mol. The summed E-state index contributed by atoms with van der Waals surface area (Å²) in [4.78, 5) is 4.31. The summed E-state index contributed by atoms with van der Waals surface area (Å²) in [5.41, 5.74) is 2.66. The molecule has 2 aromatic carbocycles. The Kier molecular flexibility index (Phi) is 3.98. The van der Waals surface area contributed by atoms with Crippen molar-refractivity contribution < 1.29 is 4.74 Å². The Balaban J connectivity index is 2.03. The second-order valence-corrected chi connectivity index (χ2v) is 5.72. The van der Waals surface area contributed by atoms with Crippen LogP contribution in [0.5, 0.6) is 5.75 Å². The first kappa shape index (κ1) is 14.5. The molecule has 0 N–H and O–H groups in total. The lowest BCUT2D eigenvalue weighted by Gasteiger charge is -2.07. The Morgan fingerprint density at radius 1 is 1.05 bits per heavy atom. The molecule has 1 aromatic heterocycles. The Morgan fingerprint density at radius 3 is 2.38 bits per heavy atom. The molecule has 0 fully saturated rings. The zero-order valence-electron chi connectivity index (χ0n) is 11.1. The van der Waals surface area contributed by atoms with Gasteiger partial charge in [-0.25, -0.2) is 4.98 Å². The smallest absolute Gasteiger partial charge is 0.204 e. The summed E-state index contributed by atoms with van der Waals surface area (Å²) < 4.78 is 7.04. The summed E-state index contributed by atoms with van der Waals surface area (Å²) in [6.45, 7) is 0.595. The first-order chi connectivity index (χ1) is 10.1. The molecule has 21 heavy (non-hydrogen) atoms. The summed E-state index contributed by atoms with van der Waals surface area (Å²) in [6, 6.07) is 11.3. The van der Waals surface area contributed by atoms with Gasteiger partial charge in [-0.3, -0.25) is 0 Å². The molecular formula is C15H11Cl3N2O. The Labute approximate surface area is 137 Å². The third kappa shape index (κ3) is 2.82. The standard InChI is InChI=1S/C15H11Cl3N2O/c1-21-10-4-2-9(3-5-10)8-20-14-7-12(17)11(16)6-13(14)19-15(20)18/h2-7H,8H2,1H3. The van der Waals surface area contributed by atoms with E-state index in [9.17, 15) is 0 Å². The highest BCUT2D eigenvalue weighted by molar-refractivity contribution is 6.42. The molecule has 0 spiro atoms. The van der Waals surface area contributed by atoms with Crippen LogP contribution in [0, 0.1) is 0 Å². The van der Waals surface area contributed by atoms with Gasteiger partial charge < -0.3 is 9.30 Å². The van der Waals surface area contributed by atoms with Crippen molar-refractivity contribution in [1.29, 1.82) is 0 Å². The van der Waals surface area contributed by atoms with Crippen molar-refractivity contribution >= 4 is 45.8 Å². The average Bonchev–Trinajstić information content (AvgIpc) is 2.76. The van der Waals surface area contributed by atoms with Gasteiger partial charge in [-0.05, 0) is 41.4 Å². The maximum atomic E-state index is 6.22. The van der Waals surface area contributed by atoms with E-state index in [0.29, 0.717) is 21.9 Å². The lowest BCUT2D eigenvalue weighted by molar-refractivity contribution is 0.414. The van der Waals surface area contributed by atoms with Crippen molar-refractivity contribution in [3.63, 3.8) is 0 Å². The van der Waals surface area contributed by atoms with Gasteiger partial charge in [-0.15, -0.1) is 0 Å². The second-order valence-electron chi connectivity index (χ2n) is 4.57. The number of hydrogen-bond donors (Lipinski definition) is 0. The third-order valence-corrected chi connectivity index (χ3v) is 4.25. The fourth-order valence-corrected chi connectivity index (χ4v) is 2.71. The summed E-state index contributed by atoms with van der Waals surface area (Å²) in [7, 11) is 1.64. The zero-order chi connectivity index (χ0) is 15.0. The Hall–Kier alpha value is -1.42. The van der Waals surface area contributed by atoms with Crippen molar-refractivity contribution in [1.82, 2.24) is 9.55 Å². The fraction of sp³-hybridized carbons (Fsp3) is 0.133. The molecule has 0 saturated carbocycles. The van der Waals surface area contributed by atoms with Crippen LogP contribution < -0.4 is 4.74 Å². The number of ether oxygens (including phenoxy) is 1. The predicted octanol–water partition coefficient (Wildman–Crippen LogP) is 5.05. The molecule has 0 atom stereocenters. The molecule has 0 saturated heterocycles. The van der Waals surface area contributed by atoms with Crippen LogP contribution in [0.4, 0.5) is 0 Å². The van der Waals surface area contributed by atoms with E-state index in [4.69, 9.17) is 39.5 Å². The summed E-state index contributed by atoms with van der Waals surface area (Å²) in [6.07, 6.45) is 0. The van der Waals surface area contributed by atoms with E-state index < -0.39 is 0 Å². The first-order valence-corrected chi connectivity index (χ1v) is 7.35. The van der Waals surface area contributed by atoms with Crippen molar-refractivity contribution in [3.8, 4) is 5.75 Å². The van der Waals surface area contributed by atoms with E-state index in [-0.39, 0.29) is 0 Å². The lowest BCUT2D eigenvalue weighted by atomic mass is 10.2. The Bertz CT molecular complexity index is 797. The number of methoxy groups -OCH3 is 1. The minimum Gasteiger partial charge on any atom is -0.497 e. The Morgan fingerprint density at radius 2 is 1.71 bits per heavy atom. The van der Waals surface area contributed by atoms with E-state index >= 15 is 0 Å². The quantitative estimate of drug-likeness (QED) is 0.666. The van der Waals surface area contributed by atoms with Crippen molar-refractivity contribution in [2.24, 2.45) is 0 Å². The molecule has 1 heterocycles. The molecule has 0 radical (unpaired) electrons. The van der Waals surface area contributed by atoms with Crippen LogP contribution in [-0.4, -0.2) is 16.7 Å². The molecule has 3 nitrogen and oxygen atoms in total. The topological polar surface area (TPSA) is 27.1 Å². The molecular weight excluding hydrogens is 331 g/mol. The number of fused-ring (bicyclic) bond motifs is 1. The lowest BCUT2D eigenvalue weighted by Crippen LogP contribution is -1.99. The molecule has 0 aliphatic carbocycles. The predicted molar refractivity (Wildman–Crippen MR) is 86.9 cm³/mol. The van der Waals surface area contributed by atoms with Gasteiger partial charge in [0.05, 0.1) is 34.7 Å². The van der Waals surface area contributed by atoms with E-state index in [0.717, 1.165) is 22.3 Å². The van der Waals surface area contributed by atoms with E-state index in [1.54, 1.807) is 19.2 Å². The van der Waals surface area contributed by atoms with Crippen LogP contribution >= 0.6 is 34.8 Å². The number of imidazole rings is 1. The van der Waals surface area contributed by atoms with Gasteiger partial charge >= 0.3 is 0 Å². The van der Waals surface area contributed by atoms with Gasteiger partial charge in [0.1, 0.15) is 5.75 Å². The molecule has 108 valence electrons. The van der Waals surface area contributed by atoms with Gasteiger partial charge in [0, 0.05) is 0 Å². The molecule has 0 aliphatic rings.